The van der Waals surface area contributed by atoms with E-state index in [1.54, 1.807) is 0 Å². The van der Waals surface area contributed by atoms with Gasteiger partial charge in [0.2, 0.25) is 0 Å². The largest absolute Gasteiger partial charge is 0.412 e. The van der Waals surface area contributed by atoms with Gasteiger partial charge in [0.25, 0.3) is 0 Å². The molecule has 0 saturated heterocycles. The van der Waals surface area contributed by atoms with Crippen molar-refractivity contribution in [3.05, 3.63) is 0 Å². The van der Waals surface area contributed by atoms with Gasteiger partial charge >= 0.3 is 10.4 Å². The summed E-state index contributed by atoms with van der Waals surface area (Å²) in [7, 11) is -4.67. The van der Waals surface area contributed by atoms with Gasteiger partial charge in [0.15, 0.2) is 0 Å². The van der Waals surface area contributed by atoms with Crippen LogP contribution in [0.15, 0.2) is 0 Å². The van der Waals surface area contributed by atoms with Gasteiger partial charge in [-0.25, -0.2) is 0 Å². The second-order valence-electron chi connectivity index (χ2n) is 0.448. The molecular formula is H20CuO13S. The van der Waals surface area contributed by atoms with Gasteiger partial charge in [-0.05, 0) is 0 Å². The molecule has 0 saturated carbocycles. The molecule has 20 N–H and O–H groups in total. The molecule has 0 heterocycles. The summed E-state index contributed by atoms with van der Waals surface area (Å²) in [5.74, 6) is 0. The molecule has 0 aromatic rings. The topological polar surface area (TPSA) is 358 Å². The van der Waals surface area contributed by atoms with Gasteiger partial charge in [-0.15, -0.1) is 0 Å². The van der Waals surface area contributed by atoms with E-state index in [1.807, 2.05) is 0 Å². The maximum absolute atomic E-state index is 8.74. The monoisotopic (exact) mass is 323 g/mol. The minimum atomic E-state index is -4.67. The van der Waals surface area contributed by atoms with Crippen molar-refractivity contribution in [1.82, 2.24) is 0 Å². The van der Waals surface area contributed by atoms with E-state index in [-0.39, 0.29) is 66.4 Å². The summed E-state index contributed by atoms with van der Waals surface area (Å²) in [6.45, 7) is 0. The Morgan fingerprint density at radius 1 is 0.533 bits per heavy atom. The zero-order valence-electron chi connectivity index (χ0n) is 6.92. The zero-order valence-corrected chi connectivity index (χ0v) is 8.68. The summed E-state index contributed by atoms with van der Waals surface area (Å²) < 4.78 is 31.6. The van der Waals surface area contributed by atoms with Gasteiger partial charge in [-0.2, -0.15) is 8.42 Å². The standard InChI is InChI=1S/Cu.H2O4S.9H2O/c;1-5(2,3)4;;;;;;;;;/h;(H2,1,2,3,4);9*1H2. The first-order valence-corrected chi connectivity index (χ1v) is 2.10. The van der Waals surface area contributed by atoms with Gasteiger partial charge in [0.05, 0.1) is 0 Å². The second kappa shape index (κ2) is 65.5. The second-order valence-corrected chi connectivity index (χ2v) is 1.34. The molecule has 13 nitrogen and oxygen atoms in total. The fourth-order valence-electron chi connectivity index (χ4n) is 0. The molecule has 0 atom stereocenters. The average Bonchev–Trinajstić information content (AvgIpc) is 0.722. The van der Waals surface area contributed by atoms with E-state index in [4.69, 9.17) is 17.5 Å². The minimum absolute atomic E-state index is 0. The third-order valence-electron chi connectivity index (χ3n) is 0. The van der Waals surface area contributed by atoms with Crippen LogP contribution in [0.2, 0.25) is 0 Å². The molecule has 0 aliphatic carbocycles. The summed E-state index contributed by atoms with van der Waals surface area (Å²) in [4.78, 5) is 0. The Morgan fingerprint density at radius 3 is 0.533 bits per heavy atom. The van der Waals surface area contributed by atoms with E-state index < -0.39 is 10.4 Å². The van der Waals surface area contributed by atoms with E-state index in [9.17, 15) is 0 Å². The van der Waals surface area contributed by atoms with Crippen LogP contribution in [0.5, 0.6) is 0 Å². The third-order valence-corrected chi connectivity index (χ3v) is 0. The van der Waals surface area contributed by atoms with Crippen LogP contribution in [0.1, 0.15) is 0 Å². The maximum Gasteiger partial charge on any atom is 0.394 e. The smallest absolute Gasteiger partial charge is 0.394 e. The van der Waals surface area contributed by atoms with Gasteiger partial charge in [-0.1, -0.05) is 0 Å². The molecule has 15 heavy (non-hydrogen) atoms. The van der Waals surface area contributed by atoms with Crippen LogP contribution >= 0.6 is 0 Å². The molecule has 0 spiro atoms. The molecule has 1 radical (unpaired) electrons. The first-order chi connectivity index (χ1) is 2.00. The van der Waals surface area contributed by atoms with E-state index in [2.05, 4.69) is 0 Å². The molecule has 0 unspecified atom stereocenters. The predicted molar refractivity (Wildman–Crippen MR) is 46.7 cm³/mol. The predicted octanol–water partition coefficient (Wildman–Crippen LogP) is -8.08. The van der Waals surface area contributed by atoms with E-state index >= 15 is 0 Å². The van der Waals surface area contributed by atoms with Crippen LogP contribution in [0.4, 0.5) is 0 Å². The van der Waals surface area contributed by atoms with Crippen LogP contribution in [0.25, 0.3) is 0 Å². The summed E-state index contributed by atoms with van der Waals surface area (Å²) in [5.41, 5.74) is 0. The van der Waals surface area contributed by atoms with Crippen molar-refractivity contribution in [2.45, 2.75) is 0 Å². The Balaban J connectivity index is -0.00000000178. The summed E-state index contributed by atoms with van der Waals surface area (Å²) >= 11 is 0. The Kier molecular flexibility index (Phi) is 796. The molecule has 0 aliphatic heterocycles. The first kappa shape index (κ1) is 182. The molecule has 0 aliphatic rings. The third kappa shape index (κ3) is 2340000. The van der Waals surface area contributed by atoms with Crippen LogP contribution in [-0.4, -0.2) is 66.8 Å². The Hall–Kier alpha value is 0.0295. The molecule has 0 aromatic heterocycles. The van der Waals surface area contributed by atoms with Gasteiger partial charge in [0.1, 0.15) is 0 Å². The molecule has 0 bridgehead atoms. The molecule has 0 amide bonds. The SMILES string of the molecule is O.O.O.O.O.O.O.O.O.O=S(=O)(O)O.[Cu]. The van der Waals surface area contributed by atoms with Crippen LogP contribution in [-0.2, 0) is 27.5 Å². The molecule has 115 valence electrons. The number of hydrogen-bond acceptors (Lipinski definition) is 2. The quantitative estimate of drug-likeness (QED) is 0.323. The summed E-state index contributed by atoms with van der Waals surface area (Å²) in [6.07, 6.45) is 0. The number of hydrogen-bond donors (Lipinski definition) is 2. The van der Waals surface area contributed by atoms with Gasteiger partial charge in [0, 0.05) is 17.1 Å². The van der Waals surface area contributed by atoms with Crippen molar-refractivity contribution < 1.29 is 83.9 Å². The van der Waals surface area contributed by atoms with E-state index in [1.165, 1.54) is 0 Å². The van der Waals surface area contributed by atoms with Crippen LogP contribution in [0, 0.1) is 0 Å². The summed E-state index contributed by atoms with van der Waals surface area (Å²) in [6, 6.07) is 0. The van der Waals surface area contributed by atoms with Crippen molar-refractivity contribution in [1.29, 1.82) is 0 Å². The molecule has 15 heteroatoms. The minimum Gasteiger partial charge on any atom is -0.412 e. The fraction of sp³-hybridized carbons (Fsp3) is 0. The van der Waals surface area contributed by atoms with Crippen LogP contribution < -0.4 is 0 Å². The van der Waals surface area contributed by atoms with E-state index in [0.717, 1.165) is 0 Å². The first-order valence-electron chi connectivity index (χ1n) is 0.698. The van der Waals surface area contributed by atoms with Crippen LogP contribution in [0.3, 0.4) is 0 Å². The normalized spacial score (nSPS) is 3.87. The van der Waals surface area contributed by atoms with Crippen molar-refractivity contribution in [2.75, 3.05) is 0 Å². The molecule has 0 rings (SSSR count). The van der Waals surface area contributed by atoms with Crippen molar-refractivity contribution in [2.24, 2.45) is 0 Å². The van der Waals surface area contributed by atoms with Gasteiger partial charge in [-0.3, -0.25) is 9.11 Å². The Morgan fingerprint density at radius 2 is 0.533 bits per heavy atom. The Bertz CT molecular complexity index is 93.7. The van der Waals surface area contributed by atoms with Crippen molar-refractivity contribution in [3.8, 4) is 0 Å². The Labute approximate surface area is 94.9 Å². The fourth-order valence-corrected chi connectivity index (χ4v) is 0. The zero-order chi connectivity index (χ0) is 4.50. The molecule has 0 fully saturated rings. The van der Waals surface area contributed by atoms with Gasteiger partial charge < -0.3 is 49.3 Å². The van der Waals surface area contributed by atoms with E-state index in [0.29, 0.717) is 0 Å². The summed E-state index contributed by atoms with van der Waals surface area (Å²) in [5, 5.41) is 0. The van der Waals surface area contributed by atoms with Crippen molar-refractivity contribution >= 4 is 10.4 Å². The molecular weight excluding hydrogens is 304 g/mol. The molecule has 0 aromatic carbocycles. The average molecular weight is 324 g/mol. The maximum atomic E-state index is 8.74. The van der Waals surface area contributed by atoms with Crippen molar-refractivity contribution in [3.63, 3.8) is 0 Å². The number of rotatable bonds is 0.